The number of guanidine groups is 1. The number of nitrogens with one attached hydrogen (secondary N) is 1. The van der Waals surface area contributed by atoms with Crippen LogP contribution in [0.5, 0.6) is 5.75 Å². The SMILES string of the molecule is C=CCNC(N)=NCc1cc(Br)ccc1OC. The Labute approximate surface area is 110 Å². The van der Waals surface area contributed by atoms with Crippen LogP contribution in [0.1, 0.15) is 5.56 Å². The van der Waals surface area contributed by atoms with E-state index in [9.17, 15) is 0 Å². The maximum Gasteiger partial charge on any atom is 0.189 e. The third-order valence-corrected chi connectivity index (χ3v) is 2.58. The van der Waals surface area contributed by atoms with Crippen molar-refractivity contribution in [1.29, 1.82) is 0 Å². The van der Waals surface area contributed by atoms with Crippen LogP contribution in [0.15, 0.2) is 40.3 Å². The summed E-state index contributed by atoms with van der Waals surface area (Å²) >= 11 is 3.41. The lowest BCUT2D eigenvalue weighted by atomic mass is 10.2. The molecule has 0 aliphatic heterocycles. The molecular formula is C12H16BrN3O. The number of halogens is 1. The molecule has 0 unspecified atom stereocenters. The van der Waals surface area contributed by atoms with Gasteiger partial charge in [0.1, 0.15) is 5.75 Å². The molecule has 17 heavy (non-hydrogen) atoms. The largest absolute Gasteiger partial charge is 0.496 e. The summed E-state index contributed by atoms with van der Waals surface area (Å²) in [6.45, 7) is 4.66. The predicted octanol–water partition coefficient (Wildman–Crippen LogP) is 2.05. The van der Waals surface area contributed by atoms with Crippen LogP contribution >= 0.6 is 15.9 Å². The number of hydrogen-bond acceptors (Lipinski definition) is 2. The highest BCUT2D eigenvalue weighted by Crippen LogP contribution is 2.23. The molecule has 1 aromatic carbocycles. The molecule has 0 aliphatic rings. The molecule has 0 spiro atoms. The van der Waals surface area contributed by atoms with Crippen LogP contribution in [-0.2, 0) is 6.54 Å². The summed E-state index contributed by atoms with van der Waals surface area (Å²) in [6, 6.07) is 5.77. The van der Waals surface area contributed by atoms with Crippen LogP contribution < -0.4 is 15.8 Å². The van der Waals surface area contributed by atoms with Crippen LogP contribution in [0.2, 0.25) is 0 Å². The van der Waals surface area contributed by atoms with E-state index in [1.807, 2.05) is 18.2 Å². The number of nitrogens with zero attached hydrogens (tertiary/aromatic N) is 1. The molecule has 1 rings (SSSR count). The van der Waals surface area contributed by atoms with Gasteiger partial charge in [0, 0.05) is 16.6 Å². The van der Waals surface area contributed by atoms with Gasteiger partial charge in [0.05, 0.1) is 13.7 Å². The molecule has 92 valence electrons. The summed E-state index contributed by atoms with van der Waals surface area (Å²) in [7, 11) is 1.63. The van der Waals surface area contributed by atoms with E-state index in [-0.39, 0.29) is 0 Å². The maximum absolute atomic E-state index is 5.68. The fourth-order valence-electron chi connectivity index (χ4n) is 1.27. The highest BCUT2D eigenvalue weighted by molar-refractivity contribution is 9.10. The molecule has 0 amide bonds. The molecule has 0 bridgehead atoms. The highest BCUT2D eigenvalue weighted by atomic mass is 79.9. The summed E-state index contributed by atoms with van der Waals surface area (Å²) in [4.78, 5) is 4.22. The first-order chi connectivity index (χ1) is 8.17. The van der Waals surface area contributed by atoms with Gasteiger partial charge in [-0.05, 0) is 18.2 Å². The van der Waals surface area contributed by atoms with Gasteiger partial charge in [0.15, 0.2) is 5.96 Å². The summed E-state index contributed by atoms with van der Waals surface area (Å²) in [5.41, 5.74) is 6.65. The summed E-state index contributed by atoms with van der Waals surface area (Å²) in [6.07, 6.45) is 1.72. The van der Waals surface area contributed by atoms with Crippen molar-refractivity contribution in [2.75, 3.05) is 13.7 Å². The van der Waals surface area contributed by atoms with Crippen molar-refractivity contribution in [3.05, 3.63) is 40.9 Å². The zero-order valence-electron chi connectivity index (χ0n) is 9.74. The number of benzene rings is 1. The minimum absolute atomic E-state index is 0.395. The first-order valence-corrected chi connectivity index (χ1v) is 5.93. The van der Waals surface area contributed by atoms with E-state index in [2.05, 4.69) is 32.8 Å². The second-order valence-corrected chi connectivity index (χ2v) is 4.24. The molecule has 3 N–H and O–H groups in total. The minimum atomic E-state index is 0.395. The molecule has 0 radical (unpaired) electrons. The number of nitrogens with two attached hydrogens (primary N) is 1. The van der Waals surface area contributed by atoms with Crippen molar-refractivity contribution in [1.82, 2.24) is 5.32 Å². The van der Waals surface area contributed by atoms with Crippen LogP contribution in [0.4, 0.5) is 0 Å². The molecule has 0 aliphatic carbocycles. The van der Waals surface area contributed by atoms with Crippen LogP contribution in [0.25, 0.3) is 0 Å². The van der Waals surface area contributed by atoms with E-state index in [0.29, 0.717) is 19.0 Å². The van der Waals surface area contributed by atoms with Gasteiger partial charge in [-0.1, -0.05) is 22.0 Å². The fourth-order valence-corrected chi connectivity index (χ4v) is 1.68. The Morgan fingerprint density at radius 3 is 3.06 bits per heavy atom. The minimum Gasteiger partial charge on any atom is -0.496 e. The lowest BCUT2D eigenvalue weighted by Crippen LogP contribution is -2.31. The van der Waals surface area contributed by atoms with Gasteiger partial charge >= 0.3 is 0 Å². The average molecular weight is 298 g/mol. The Morgan fingerprint density at radius 2 is 2.41 bits per heavy atom. The molecule has 0 saturated carbocycles. The Bertz CT molecular complexity index is 418. The number of methoxy groups -OCH3 is 1. The van der Waals surface area contributed by atoms with Gasteiger partial charge in [-0.25, -0.2) is 4.99 Å². The summed E-state index contributed by atoms with van der Waals surface area (Å²) < 4.78 is 6.23. The lowest BCUT2D eigenvalue weighted by molar-refractivity contribution is 0.410. The molecule has 4 nitrogen and oxygen atoms in total. The molecular weight excluding hydrogens is 282 g/mol. The summed E-state index contributed by atoms with van der Waals surface area (Å²) in [5.74, 6) is 1.19. The molecule has 0 saturated heterocycles. The van der Waals surface area contributed by atoms with Crippen molar-refractivity contribution in [3.63, 3.8) is 0 Å². The quantitative estimate of drug-likeness (QED) is 0.497. The van der Waals surface area contributed by atoms with Crippen LogP contribution in [0, 0.1) is 0 Å². The van der Waals surface area contributed by atoms with Crippen LogP contribution in [0.3, 0.4) is 0 Å². The lowest BCUT2D eigenvalue weighted by Gasteiger charge is -2.07. The number of hydrogen-bond donors (Lipinski definition) is 2. The number of ether oxygens (including phenoxy) is 1. The van der Waals surface area contributed by atoms with Crippen molar-refractivity contribution >= 4 is 21.9 Å². The average Bonchev–Trinajstić information content (AvgIpc) is 2.34. The Balaban J connectivity index is 2.73. The fraction of sp³-hybridized carbons (Fsp3) is 0.250. The molecule has 0 heterocycles. The number of rotatable bonds is 5. The van der Waals surface area contributed by atoms with Gasteiger partial charge in [-0.2, -0.15) is 0 Å². The van der Waals surface area contributed by atoms with Crippen molar-refractivity contribution in [3.8, 4) is 5.75 Å². The zero-order valence-corrected chi connectivity index (χ0v) is 11.3. The van der Waals surface area contributed by atoms with Gasteiger partial charge in [-0.15, -0.1) is 6.58 Å². The number of aliphatic imine (C=N–C) groups is 1. The van der Waals surface area contributed by atoms with E-state index in [1.54, 1.807) is 13.2 Å². The molecule has 5 heteroatoms. The molecule has 1 aromatic rings. The third-order valence-electron chi connectivity index (χ3n) is 2.09. The normalized spacial score (nSPS) is 11.1. The first-order valence-electron chi connectivity index (χ1n) is 5.14. The topological polar surface area (TPSA) is 59.6 Å². The van der Waals surface area contributed by atoms with Crippen molar-refractivity contribution in [2.24, 2.45) is 10.7 Å². The van der Waals surface area contributed by atoms with E-state index < -0.39 is 0 Å². The Kier molecular flexibility index (Phi) is 5.56. The maximum atomic E-state index is 5.68. The predicted molar refractivity (Wildman–Crippen MR) is 74.2 cm³/mol. The van der Waals surface area contributed by atoms with E-state index in [0.717, 1.165) is 15.8 Å². The zero-order chi connectivity index (χ0) is 12.7. The third kappa shape index (κ3) is 4.48. The van der Waals surface area contributed by atoms with Crippen molar-refractivity contribution in [2.45, 2.75) is 6.54 Å². The van der Waals surface area contributed by atoms with E-state index >= 15 is 0 Å². The first kappa shape index (κ1) is 13.6. The van der Waals surface area contributed by atoms with Crippen molar-refractivity contribution < 1.29 is 4.74 Å². The second-order valence-electron chi connectivity index (χ2n) is 3.33. The van der Waals surface area contributed by atoms with Gasteiger partial charge in [-0.3, -0.25) is 0 Å². The van der Waals surface area contributed by atoms with Gasteiger partial charge < -0.3 is 15.8 Å². The van der Waals surface area contributed by atoms with E-state index in [4.69, 9.17) is 10.5 Å². The van der Waals surface area contributed by atoms with Crippen LogP contribution in [-0.4, -0.2) is 19.6 Å². The molecule has 0 fully saturated rings. The van der Waals surface area contributed by atoms with E-state index in [1.165, 1.54) is 0 Å². The Morgan fingerprint density at radius 1 is 1.65 bits per heavy atom. The molecule has 0 aromatic heterocycles. The highest BCUT2D eigenvalue weighted by Gasteiger charge is 2.02. The smallest absolute Gasteiger partial charge is 0.189 e. The standard InChI is InChI=1S/C12H16BrN3O/c1-3-6-15-12(14)16-8-9-7-10(13)4-5-11(9)17-2/h3-5,7H,1,6,8H2,2H3,(H3,14,15,16). The second kappa shape index (κ2) is 6.96. The van der Waals surface area contributed by atoms with Gasteiger partial charge in [0.25, 0.3) is 0 Å². The molecule has 0 atom stereocenters. The van der Waals surface area contributed by atoms with Gasteiger partial charge in [0.2, 0.25) is 0 Å². The monoisotopic (exact) mass is 297 g/mol. The Hall–Kier alpha value is -1.49. The summed E-state index contributed by atoms with van der Waals surface area (Å²) in [5, 5.41) is 2.91.